The molecule has 0 fully saturated rings. The van der Waals surface area contributed by atoms with Crippen LogP contribution in [0.4, 0.5) is 4.39 Å². The molecule has 0 aliphatic rings. The van der Waals surface area contributed by atoms with Gasteiger partial charge in [0.2, 0.25) is 0 Å². The Bertz CT molecular complexity index is 937. The minimum atomic E-state index is -1.14. The Hall–Kier alpha value is -2.47. The standard InChI is InChI=1S/C17H15ClFN3O2/c1-9(2)7-22-8-11(10-3-4-12(18)13(19)5-10)15-16(22)21-14(6-20-15)17(23)24/h3-6,8-9H,7H2,1-2H3,(H,23,24). The van der Waals surface area contributed by atoms with Gasteiger partial charge in [-0.3, -0.25) is 0 Å². The number of hydrogen-bond donors (Lipinski definition) is 1. The molecular weight excluding hydrogens is 333 g/mol. The normalized spacial score (nSPS) is 11.4. The van der Waals surface area contributed by atoms with Crippen molar-refractivity contribution in [2.24, 2.45) is 5.92 Å². The minimum Gasteiger partial charge on any atom is -0.476 e. The van der Waals surface area contributed by atoms with Gasteiger partial charge in [-0.2, -0.15) is 0 Å². The van der Waals surface area contributed by atoms with Crippen molar-refractivity contribution in [3.63, 3.8) is 0 Å². The average Bonchev–Trinajstić information content (AvgIpc) is 2.87. The Morgan fingerprint density at radius 1 is 1.42 bits per heavy atom. The molecule has 7 heteroatoms. The number of aromatic nitrogens is 3. The van der Waals surface area contributed by atoms with Crippen molar-refractivity contribution in [1.82, 2.24) is 14.5 Å². The van der Waals surface area contributed by atoms with Gasteiger partial charge in [0.25, 0.3) is 0 Å². The van der Waals surface area contributed by atoms with E-state index in [1.807, 2.05) is 24.6 Å². The van der Waals surface area contributed by atoms with Crippen LogP contribution in [0.1, 0.15) is 24.3 Å². The third-order valence-corrected chi connectivity index (χ3v) is 3.88. The number of carboxylic acids is 1. The van der Waals surface area contributed by atoms with Crippen molar-refractivity contribution in [2.45, 2.75) is 20.4 Å². The minimum absolute atomic E-state index is 0.0453. The predicted octanol–water partition coefficient (Wildman–Crippen LogP) is 4.25. The predicted molar refractivity (Wildman–Crippen MR) is 89.7 cm³/mol. The van der Waals surface area contributed by atoms with Crippen LogP contribution < -0.4 is 0 Å². The lowest BCUT2D eigenvalue weighted by Crippen LogP contribution is -2.07. The molecule has 0 amide bonds. The first-order valence-corrected chi connectivity index (χ1v) is 7.79. The molecule has 0 saturated carbocycles. The van der Waals surface area contributed by atoms with Crippen LogP contribution in [0.3, 0.4) is 0 Å². The number of rotatable bonds is 4. The van der Waals surface area contributed by atoms with E-state index in [0.29, 0.717) is 34.8 Å². The number of aromatic carboxylic acids is 1. The van der Waals surface area contributed by atoms with E-state index in [2.05, 4.69) is 9.97 Å². The van der Waals surface area contributed by atoms with Gasteiger partial charge < -0.3 is 9.67 Å². The molecule has 0 bridgehead atoms. The van der Waals surface area contributed by atoms with E-state index in [1.165, 1.54) is 18.3 Å². The van der Waals surface area contributed by atoms with Crippen LogP contribution in [0.25, 0.3) is 22.3 Å². The molecule has 0 saturated heterocycles. The zero-order chi connectivity index (χ0) is 17.4. The van der Waals surface area contributed by atoms with Crippen LogP contribution in [-0.4, -0.2) is 25.6 Å². The van der Waals surface area contributed by atoms with Crippen LogP contribution in [0.5, 0.6) is 0 Å². The summed E-state index contributed by atoms with van der Waals surface area (Å²) < 4.78 is 15.6. The lowest BCUT2D eigenvalue weighted by molar-refractivity contribution is 0.0690. The summed E-state index contributed by atoms with van der Waals surface area (Å²) in [5.74, 6) is -1.33. The van der Waals surface area contributed by atoms with Crippen LogP contribution >= 0.6 is 11.6 Å². The van der Waals surface area contributed by atoms with E-state index in [1.54, 1.807) is 6.07 Å². The molecule has 1 aromatic carbocycles. The topological polar surface area (TPSA) is 68.0 Å². The van der Waals surface area contributed by atoms with Gasteiger partial charge in [0, 0.05) is 18.3 Å². The molecule has 0 atom stereocenters. The molecule has 1 N–H and O–H groups in total. The van der Waals surface area contributed by atoms with Crippen LogP contribution in [0.2, 0.25) is 5.02 Å². The summed E-state index contributed by atoms with van der Waals surface area (Å²) >= 11 is 5.74. The largest absolute Gasteiger partial charge is 0.476 e. The summed E-state index contributed by atoms with van der Waals surface area (Å²) in [5, 5.41) is 9.18. The van der Waals surface area contributed by atoms with Gasteiger partial charge in [0.05, 0.1) is 11.2 Å². The van der Waals surface area contributed by atoms with Crippen LogP contribution in [0, 0.1) is 11.7 Å². The number of benzene rings is 1. The summed E-state index contributed by atoms with van der Waals surface area (Å²) in [4.78, 5) is 19.6. The fourth-order valence-corrected chi connectivity index (χ4v) is 2.68. The first kappa shape index (κ1) is 16.4. The van der Waals surface area contributed by atoms with Crippen molar-refractivity contribution < 1.29 is 14.3 Å². The van der Waals surface area contributed by atoms with E-state index in [0.717, 1.165) is 0 Å². The van der Waals surface area contributed by atoms with Gasteiger partial charge in [-0.15, -0.1) is 0 Å². The third kappa shape index (κ3) is 2.97. The Morgan fingerprint density at radius 2 is 2.17 bits per heavy atom. The summed E-state index contributed by atoms with van der Waals surface area (Å²) in [5.41, 5.74) is 2.17. The highest BCUT2D eigenvalue weighted by Crippen LogP contribution is 2.31. The van der Waals surface area contributed by atoms with Crippen molar-refractivity contribution in [3.8, 4) is 11.1 Å². The summed E-state index contributed by atoms with van der Waals surface area (Å²) in [6.45, 7) is 4.73. The number of hydrogen-bond acceptors (Lipinski definition) is 3. The molecule has 2 aromatic heterocycles. The van der Waals surface area contributed by atoms with E-state index in [-0.39, 0.29) is 10.7 Å². The van der Waals surface area contributed by atoms with Crippen molar-refractivity contribution in [3.05, 3.63) is 47.1 Å². The van der Waals surface area contributed by atoms with E-state index in [9.17, 15) is 9.18 Å². The Kier molecular flexibility index (Phi) is 4.24. The highest BCUT2D eigenvalue weighted by atomic mass is 35.5. The molecular formula is C17H15ClFN3O2. The van der Waals surface area contributed by atoms with Gasteiger partial charge in [-0.05, 0) is 23.6 Å². The fourth-order valence-electron chi connectivity index (χ4n) is 2.56. The molecule has 0 radical (unpaired) electrons. The van der Waals surface area contributed by atoms with Crippen LogP contribution in [0.15, 0.2) is 30.6 Å². The van der Waals surface area contributed by atoms with Gasteiger partial charge in [-0.25, -0.2) is 19.2 Å². The second-order valence-corrected chi connectivity index (χ2v) is 6.36. The number of fused-ring (bicyclic) bond motifs is 1. The molecule has 24 heavy (non-hydrogen) atoms. The van der Waals surface area contributed by atoms with Gasteiger partial charge in [-0.1, -0.05) is 31.5 Å². The highest BCUT2D eigenvalue weighted by molar-refractivity contribution is 6.30. The molecule has 0 unspecified atom stereocenters. The lowest BCUT2D eigenvalue weighted by atomic mass is 10.1. The first-order valence-electron chi connectivity index (χ1n) is 7.41. The molecule has 0 spiro atoms. The van der Waals surface area contributed by atoms with E-state index >= 15 is 0 Å². The quantitative estimate of drug-likeness (QED) is 0.766. The van der Waals surface area contributed by atoms with Crippen molar-refractivity contribution in [2.75, 3.05) is 0 Å². The maximum atomic E-state index is 13.8. The lowest BCUT2D eigenvalue weighted by Gasteiger charge is -2.07. The molecule has 124 valence electrons. The smallest absolute Gasteiger partial charge is 0.356 e. The third-order valence-electron chi connectivity index (χ3n) is 3.58. The summed E-state index contributed by atoms with van der Waals surface area (Å²) in [6.07, 6.45) is 3.03. The van der Waals surface area contributed by atoms with Crippen molar-refractivity contribution in [1.29, 1.82) is 0 Å². The number of nitrogens with zero attached hydrogens (tertiary/aromatic N) is 3. The Balaban J connectivity index is 2.24. The maximum Gasteiger partial charge on any atom is 0.356 e. The SMILES string of the molecule is CC(C)Cn1cc(-c2ccc(Cl)c(F)c2)c2ncc(C(=O)O)nc21. The molecule has 0 aliphatic carbocycles. The number of carboxylic acid groups (broad SMARTS) is 1. The molecule has 3 rings (SSSR count). The van der Waals surface area contributed by atoms with Gasteiger partial charge in [0.15, 0.2) is 11.3 Å². The maximum absolute atomic E-state index is 13.8. The average molecular weight is 348 g/mol. The van der Waals surface area contributed by atoms with E-state index in [4.69, 9.17) is 16.7 Å². The number of halogens is 2. The number of carbonyl (C=O) groups is 1. The molecule has 2 heterocycles. The molecule has 0 aliphatic heterocycles. The van der Waals surface area contributed by atoms with Crippen molar-refractivity contribution >= 4 is 28.7 Å². The molecule has 5 nitrogen and oxygen atoms in total. The zero-order valence-corrected chi connectivity index (χ0v) is 13.9. The second kappa shape index (κ2) is 6.20. The highest BCUT2D eigenvalue weighted by Gasteiger charge is 2.17. The Labute approximate surface area is 142 Å². The van der Waals surface area contributed by atoms with Gasteiger partial charge in [0.1, 0.15) is 11.3 Å². The Morgan fingerprint density at radius 3 is 2.79 bits per heavy atom. The van der Waals surface area contributed by atoms with E-state index < -0.39 is 11.8 Å². The second-order valence-electron chi connectivity index (χ2n) is 5.95. The van der Waals surface area contributed by atoms with Gasteiger partial charge >= 0.3 is 5.97 Å². The van der Waals surface area contributed by atoms with Crippen LogP contribution in [-0.2, 0) is 6.54 Å². The summed E-state index contributed by atoms with van der Waals surface area (Å²) in [7, 11) is 0. The molecule has 3 aromatic rings. The monoisotopic (exact) mass is 347 g/mol. The zero-order valence-electron chi connectivity index (χ0n) is 13.1. The first-order chi connectivity index (χ1) is 11.4. The fraction of sp³-hybridized carbons (Fsp3) is 0.235. The summed E-state index contributed by atoms with van der Waals surface area (Å²) in [6, 6.07) is 4.52.